The van der Waals surface area contributed by atoms with E-state index in [1.54, 1.807) is 0 Å². The molecule has 1 aromatic rings. The van der Waals surface area contributed by atoms with E-state index in [1.165, 1.54) is 17.7 Å². The summed E-state index contributed by atoms with van der Waals surface area (Å²) in [6.45, 7) is 5.57. The molecule has 16 heavy (non-hydrogen) atoms. The number of halogens is 2. The second kappa shape index (κ2) is 6.51. The Labute approximate surface area is 112 Å². The number of anilines is 1. The normalized spacial score (nSPS) is 10.9. The van der Waals surface area contributed by atoms with E-state index in [2.05, 4.69) is 59.9 Å². The zero-order valence-electron chi connectivity index (χ0n) is 10.1. The zero-order chi connectivity index (χ0) is 12.1. The van der Waals surface area contributed by atoms with Gasteiger partial charge in [0, 0.05) is 29.6 Å². The van der Waals surface area contributed by atoms with Crippen LogP contribution in [-0.4, -0.2) is 13.6 Å². The van der Waals surface area contributed by atoms with Gasteiger partial charge < -0.3 is 4.90 Å². The molecule has 1 rings (SSSR count). The van der Waals surface area contributed by atoms with E-state index < -0.39 is 0 Å². The quantitative estimate of drug-likeness (QED) is 0.715. The minimum atomic E-state index is 0.556. The molecule has 90 valence electrons. The Kier molecular flexibility index (Phi) is 5.63. The van der Waals surface area contributed by atoms with Crippen molar-refractivity contribution in [1.29, 1.82) is 0 Å². The molecule has 1 aromatic carbocycles. The molecule has 0 unspecified atom stereocenters. The van der Waals surface area contributed by atoms with Crippen molar-refractivity contribution in [2.75, 3.05) is 18.5 Å². The van der Waals surface area contributed by atoms with Gasteiger partial charge in [-0.25, -0.2) is 0 Å². The summed E-state index contributed by atoms with van der Waals surface area (Å²) >= 11 is 9.43. The standard InChI is InChI=1S/C13H19BrClN/c1-10(2)6-7-16(3)13-5-4-12(14)8-11(13)9-15/h4-5,8,10H,6-7,9H2,1-3H3. The smallest absolute Gasteiger partial charge is 0.0494 e. The van der Waals surface area contributed by atoms with Crippen molar-refractivity contribution in [3.05, 3.63) is 28.2 Å². The van der Waals surface area contributed by atoms with Crippen LogP contribution in [0.25, 0.3) is 0 Å². The zero-order valence-corrected chi connectivity index (χ0v) is 12.5. The van der Waals surface area contributed by atoms with Crippen molar-refractivity contribution in [2.24, 2.45) is 5.92 Å². The van der Waals surface area contributed by atoms with Gasteiger partial charge in [-0.1, -0.05) is 29.8 Å². The highest BCUT2D eigenvalue weighted by Gasteiger charge is 2.07. The molecule has 0 bridgehead atoms. The molecule has 0 aliphatic rings. The van der Waals surface area contributed by atoms with Crippen LogP contribution in [0.5, 0.6) is 0 Å². The summed E-state index contributed by atoms with van der Waals surface area (Å²) in [6.07, 6.45) is 1.20. The maximum Gasteiger partial charge on any atom is 0.0494 e. The fourth-order valence-electron chi connectivity index (χ4n) is 1.61. The third kappa shape index (κ3) is 3.99. The molecule has 0 aromatic heterocycles. The van der Waals surface area contributed by atoms with Gasteiger partial charge in [0.1, 0.15) is 0 Å². The van der Waals surface area contributed by atoms with Gasteiger partial charge in [0.2, 0.25) is 0 Å². The van der Waals surface area contributed by atoms with Crippen molar-refractivity contribution in [3.63, 3.8) is 0 Å². The lowest BCUT2D eigenvalue weighted by Gasteiger charge is -2.23. The fourth-order valence-corrected chi connectivity index (χ4v) is 2.23. The number of alkyl halides is 1. The Morgan fingerprint density at radius 1 is 1.38 bits per heavy atom. The van der Waals surface area contributed by atoms with Crippen molar-refractivity contribution in [1.82, 2.24) is 0 Å². The van der Waals surface area contributed by atoms with Gasteiger partial charge in [0.05, 0.1) is 0 Å². The summed E-state index contributed by atoms with van der Waals surface area (Å²) in [7, 11) is 2.13. The van der Waals surface area contributed by atoms with Crippen LogP contribution in [0.15, 0.2) is 22.7 Å². The highest BCUT2D eigenvalue weighted by atomic mass is 79.9. The molecule has 0 saturated carbocycles. The third-order valence-electron chi connectivity index (χ3n) is 2.64. The van der Waals surface area contributed by atoms with Crippen molar-refractivity contribution in [2.45, 2.75) is 26.1 Å². The Balaban J connectivity index is 2.77. The van der Waals surface area contributed by atoms with Crippen LogP contribution >= 0.6 is 27.5 Å². The van der Waals surface area contributed by atoms with Crippen LogP contribution in [-0.2, 0) is 5.88 Å². The van der Waals surface area contributed by atoms with E-state index in [9.17, 15) is 0 Å². The molecule has 0 spiro atoms. The predicted molar refractivity (Wildman–Crippen MR) is 76.4 cm³/mol. The van der Waals surface area contributed by atoms with Crippen molar-refractivity contribution >= 4 is 33.2 Å². The molecular weight excluding hydrogens is 286 g/mol. The van der Waals surface area contributed by atoms with Crippen molar-refractivity contribution < 1.29 is 0 Å². The molecule has 0 heterocycles. The minimum Gasteiger partial charge on any atom is -0.374 e. The first kappa shape index (κ1) is 13.9. The van der Waals surface area contributed by atoms with E-state index in [0.717, 1.165) is 16.9 Å². The molecule has 1 nitrogen and oxygen atoms in total. The second-order valence-electron chi connectivity index (χ2n) is 4.51. The van der Waals surface area contributed by atoms with Crippen LogP contribution in [0.1, 0.15) is 25.8 Å². The third-order valence-corrected chi connectivity index (χ3v) is 3.42. The summed E-state index contributed by atoms with van der Waals surface area (Å²) in [6, 6.07) is 6.29. The molecule has 0 aliphatic carbocycles. The Hall–Kier alpha value is -0.210. The molecule has 0 N–H and O–H groups in total. The first-order valence-corrected chi connectivity index (χ1v) is 6.93. The van der Waals surface area contributed by atoms with Crippen molar-refractivity contribution in [3.8, 4) is 0 Å². The molecule has 0 fully saturated rings. The summed E-state index contributed by atoms with van der Waals surface area (Å²) in [5, 5.41) is 0. The van der Waals surface area contributed by atoms with Crippen LogP contribution in [0.2, 0.25) is 0 Å². The number of hydrogen-bond acceptors (Lipinski definition) is 1. The van der Waals surface area contributed by atoms with E-state index in [0.29, 0.717) is 5.88 Å². The molecule has 0 saturated heterocycles. The molecule has 0 atom stereocenters. The van der Waals surface area contributed by atoms with E-state index >= 15 is 0 Å². The molecule has 0 radical (unpaired) electrons. The number of benzene rings is 1. The summed E-state index contributed by atoms with van der Waals surface area (Å²) < 4.78 is 1.09. The fraction of sp³-hybridized carbons (Fsp3) is 0.538. The first-order chi connectivity index (χ1) is 7.54. The van der Waals surface area contributed by atoms with Gasteiger partial charge in [-0.15, -0.1) is 11.6 Å². The van der Waals surface area contributed by atoms with Gasteiger partial charge in [0.25, 0.3) is 0 Å². The van der Waals surface area contributed by atoms with Crippen LogP contribution in [0, 0.1) is 5.92 Å². The lowest BCUT2D eigenvalue weighted by atomic mass is 10.1. The molecule has 3 heteroatoms. The van der Waals surface area contributed by atoms with Gasteiger partial charge in [-0.05, 0) is 36.1 Å². The topological polar surface area (TPSA) is 3.24 Å². The maximum absolute atomic E-state index is 5.96. The first-order valence-electron chi connectivity index (χ1n) is 5.60. The van der Waals surface area contributed by atoms with Gasteiger partial charge in [0.15, 0.2) is 0 Å². The van der Waals surface area contributed by atoms with Gasteiger partial charge in [-0.2, -0.15) is 0 Å². The highest BCUT2D eigenvalue weighted by Crippen LogP contribution is 2.25. The lowest BCUT2D eigenvalue weighted by Crippen LogP contribution is -2.21. The Morgan fingerprint density at radius 3 is 2.62 bits per heavy atom. The molecule has 0 amide bonds. The minimum absolute atomic E-state index is 0.556. The Bertz CT molecular complexity index is 339. The average molecular weight is 305 g/mol. The van der Waals surface area contributed by atoms with Gasteiger partial charge >= 0.3 is 0 Å². The molecule has 0 aliphatic heterocycles. The molecular formula is C13H19BrClN. The van der Waals surface area contributed by atoms with Crippen LogP contribution in [0.4, 0.5) is 5.69 Å². The van der Waals surface area contributed by atoms with Crippen LogP contribution < -0.4 is 4.90 Å². The highest BCUT2D eigenvalue weighted by molar-refractivity contribution is 9.10. The SMILES string of the molecule is CC(C)CCN(C)c1ccc(Br)cc1CCl. The predicted octanol–water partition coefficient (Wildman–Crippen LogP) is 4.67. The summed E-state index contributed by atoms with van der Waals surface area (Å²) in [5.41, 5.74) is 2.42. The lowest BCUT2D eigenvalue weighted by molar-refractivity contribution is 0.585. The second-order valence-corrected chi connectivity index (χ2v) is 5.69. The van der Waals surface area contributed by atoms with E-state index in [1.807, 2.05) is 0 Å². The largest absolute Gasteiger partial charge is 0.374 e. The van der Waals surface area contributed by atoms with E-state index in [-0.39, 0.29) is 0 Å². The number of hydrogen-bond donors (Lipinski definition) is 0. The summed E-state index contributed by atoms with van der Waals surface area (Å²) in [5.74, 6) is 1.29. The number of nitrogens with zero attached hydrogens (tertiary/aromatic N) is 1. The van der Waals surface area contributed by atoms with E-state index in [4.69, 9.17) is 11.6 Å². The monoisotopic (exact) mass is 303 g/mol. The summed E-state index contributed by atoms with van der Waals surface area (Å²) in [4.78, 5) is 2.28. The Morgan fingerprint density at radius 2 is 2.06 bits per heavy atom. The van der Waals surface area contributed by atoms with Gasteiger partial charge in [-0.3, -0.25) is 0 Å². The number of rotatable bonds is 5. The maximum atomic E-state index is 5.96. The average Bonchev–Trinajstić information content (AvgIpc) is 2.25. The van der Waals surface area contributed by atoms with Crippen LogP contribution in [0.3, 0.4) is 0 Å².